The quantitative estimate of drug-likeness (QED) is 0.759. The van der Waals surface area contributed by atoms with Crippen LogP contribution in [-0.2, 0) is 0 Å². The molecule has 1 atom stereocenters. The van der Waals surface area contributed by atoms with Gasteiger partial charge in [-0.3, -0.25) is 0 Å². The molecule has 0 saturated carbocycles. The van der Waals surface area contributed by atoms with Crippen molar-refractivity contribution in [2.75, 3.05) is 20.2 Å². The fourth-order valence-corrected chi connectivity index (χ4v) is 1.88. The molecular formula is C10H15N3O. The van der Waals surface area contributed by atoms with E-state index in [4.69, 9.17) is 4.74 Å². The first-order valence-corrected chi connectivity index (χ1v) is 4.96. The summed E-state index contributed by atoms with van der Waals surface area (Å²) >= 11 is 0. The number of methoxy groups -OCH3 is 1. The predicted molar refractivity (Wildman–Crippen MR) is 53.4 cm³/mol. The maximum atomic E-state index is 5.25. The van der Waals surface area contributed by atoms with Crippen molar-refractivity contribution >= 4 is 0 Å². The molecule has 14 heavy (non-hydrogen) atoms. The van der Waals surface area contributed by atoms with Crippen LogP contribution in [0.4, 0.5) is 0 Å². The van der Waals surface area contributed by atoms with Gasteiger partial charge in [0.25, 0.3) is 0 Å². The summed E-state index contributed by atoms with van der Waals surface area (Å²) in [7, 11) is 1.67. The van der Waals surface area contributed by atoms with Crippen molar-refractivity contribution in [3.05, 3.63) is 18.2 Å². The third-order valence-corrected chi connectivity index (χ3v) is 2.61. The molecule has 4 nitrogen and oxygen atoms in total. The Balaban J connectivity index is 2.20. The lowest BCUT2D eigenvalue weighted by Gasteiger charge is -2.23. The molecule has 1 fully saturated rings. The van der Waals surface area contributed by atoms with Gasteiger partial charge >= 0.3 is 0 Å². The molecule has 1 aliphatic heterocycles. The number of nitrogens with zero attached hydrogens (tertiary/aromatic N) is 2. The lowest BCUT2D eigenvalue weighted by atomic mass is 9.95. The van der Waals surface area contributed by atoms with Crippen molar-refractivity contribution in [3.63, 3.8) is 0 Å². The van der Waals surface area contributed by atoms with E-state index in [2.05, 4.69) is 15.3 Å². The summed E-state index contributed by atoms with van der Waals surface area (Å²) in [5.41, 5.74) is 1.04. The van der Waals surface area contributed by atoms with Crippen molar-refractivity contribution in [3.8, 4) is 5.75 Å². The van der Waals surface area contributed by atoms with Gasteiger partial charge in [-0.1, -0.05) is 0 Å². The zero-order valence-electron chi connectivity index (χ0n) is 8.36. The summed E-state index contributed by atoms with van der Waals surface area (Å²) in [6.07, 6.45) is 5.71. The second kappa shape index (κ2) is 4.37. The molecule has 1 aromatic heterocycles. The largest absolute Gasteiger partial charge is 0.493 e. The monoisotopic (exact) mass is 193 g/mol. The average Bonchev–Trinajstić information content (AvgIpc) is 2.30. The molecule has 1 saturated heterocycles. The summed E-state index contributed by atoms with van der Waals surface area (Å²) in [6.45, 7) is 2.11. The summed E-state index contributed by atoms with van der Waals surface area (Å²) in [4.78, 5) is 8.25. The number of nitrogens with one attached hydrogen (secondary N) is 1. The maximum Gasteiger partial charge on any atom is 0.158 e. The van der Waals surface area contributed by atoms with E-state index in [1.807, 2.05) is 0 Å². The van der Waals surface area contributed by atoms with Crippen LogP contribution >= 0.6 is 0 Å². The Labute approximate surface area is 83.7 Å². The normalized spacial score (nSPS) is 21.9. The zero-order valence-corrected chi connectivity index (χ0v) is 8.36. The molecule has 0 aromatic carbocycles. The molecule has 1 aliphatic rings. The SMILES string of the molecule is COc1cncnc1C1CCCNC1. The van der Waals surface area contributed by atoms with Crippen molar-refractivity contribution in [2.45, 2.75) is 18.8 Å². The fraction of sp³-hybridized carbons (Fsp3) is 0.600. The number of piperidine rings is 1. The molecule has 1 unspecified atom stereocenters. The van der Waals surface area contributed by atoms with Gasteiger partial charge < -0.3 is 10.1 Å². The van der Waals surface area contributed by atoms with Crippen LogP contribution in [0.1, 0.15) is 24.5 Å². The van der Waals surface area contributed by atoms with E-state index in [9.17, 15) is 0 Å². The van der Waals surface area contributed by atoms with E-state index in [0.29, 0.717) is 5.92 Å². The Morgan fingerprint density at radius 1 is 1.57 bits per heavy atom. The van der Waals surface area contributed by atoms with Crippen molar-refractivity contribution in [1.82, 2.24) is 15.3 Å². The molecule has 0 radical (unpaired) electrons. The van der Waals surface area contributed by atoms with Crippen molar-refractivity contribution in [1.29, 1.82) is 0 Å². The van der Waals surface area contributed by atoms with E-state index < -0.39 is 0 Å². The van der Waals surface area contributed by atoms with Crippen LogP contribution in [0.3, 0.4) is 0 Å². The van der Waals surface area contributed by atoms with Gasteiger partial charge in [0, 0.05) is 12.5 Å². The first-order valence-electron chi connectivity index (χ1n) is 4.96. The highest BCUT2D eigenvalue weighted by Gasteiger charge is 2.19. The maximum absolute atomic E-state index is 5.25. The zero-order chi connectivity index (χ0) is 9.80. The first-order chi connectivity index (χ1) is 6.92. The van der Waals surface area contributed by atoms with Gasteiger partial charge in [-0.2, -0.15) is 0 Å². The second-order valence-corrected chi connectivity index (χ2v) is 3.52. The van der Waals surface area contributed by atoms with Crippen LogP contribution in [-0.4, -0.2) is 30.2 Å². The Morgan fingerprint density at radius 3 is 3.21 bits per heavy atom. The third kappa shape index (κ3) is 1.85. The first kappa shape index (κ1) is 9.40. The molecule has 0 amide bonds. The highest BCUT2D eigenvalue weighted by atomic mass is 16.5. The van der Waals surface area contributed by atoms with E-state index in [1.165, 1.54) is 12.8 Å². The molecule has 76 valence electrons. The minimum absolute atomic E-state index is 0.474. The third-order valence-electron chi connectivity index (χ3n) is 2.61. The average molecular weight is 193 g/mol. The molecule has 4 heteroatoms. The number of rotatable bonds is 2. The van der Waals surface area contributed by atoms with Crippen molar-refractivity contribution in [2.24, 2.45) is 0 Å². The molecular weight excluding hydrogens is 178 g/mol. The smallest absolute Gasteiger partial charge is 0.158 e. The summed E-state index contributed by atoms with van der Waals surface area (Å²) in [6, 6.07) is 0. The fourth-order valence-electron chi connectivity index (χ4n) is 1.88. The van der Waals surface area contributed by atoms with Gasteiger partial charge in [0.2, 0.25) is 0 Å². The van der Waals surface area contributed by atoms with Crippen LogP contribution in [0.2, 0.25) is 0 Å². The topological polar surface area (TPSA) is 47.0 Å². The molecule has 2 rings (SSSR count). The summed E-state index contributed by atoms with van der Waals surface area (Å²) in [5.74, 6) is 1.28. The van der Waals surface area contributed by atoms with Gasteiger partial charge in [-0.15, -0.1) is 0 Å². The molecule has 0 aliphatic carbocycles. The number of hydrogen-bond donors (Lipinski definition) is 1. The number of aromatic nitrogens is 2. The van der Waals surface area contributed by atoms with E-state index in [0.717, 1.165) is 24.5 Å². The van der Waals surface area contributed by atoms with Gasteiger partial charge in [-0.05, 0) is 19.4 Å². The van der Waals surface area contributed by atoms with Crippen LogP contribution in [0.25, 0.3) is 0 Å². The highest BCUT2D eigenvalue weighted by Crippen LogP contribution is 2.27. The summed E-state index contributed by atoms with van der Waals surface area (Å²) in [5, 5.41) is 3.37. The lowest BCUT2D eigenvalue weighted by molar-refractivity contribution is 0.384. The number of ether oxygens (including phenoxy) is 1. The molecule has 0 bridgehead atoms. The van der Waals surface area contributed by atoms with Gasteiger partial charge in [0.1, 0.15) is 6.33 Å². The minimum Gasteiger partial charge on any atom is -0.493 e. The number of hydrogen-bond acceptors (Lipinski definition) is 4. The molecule has 2 heterocycles. The highest BCUT2D eigenvalue weighted by molar-refractivity contribution is 5.27. The van der Waals surface area contributed by atoms with Gasteiger partial charge in [-0.25, -0.2) is 9.97 Å². The van der Waals surface area contributed by atoms with Crippen LogP contribution < -0.4 is 10.1 Å². The Bertz CT molecular complexity index is 297. The van der Waals surface area contributed by atoms with Gasteiger partial charge in [0.05, 0.1) is 19.0 Å². The molecule has 1 aromatic rings. The Kier molecular flexibility index (Phi) is 2.93. The second-order valence-electron chi connectivity index (χ2n) is 3.52. The molecule has 0 spiro atoms. The predicted octanol–water partition coefficient (Wildman–Crippen LogP) is 0.952. The van der Waals surface area contributed by atoms with Crippen molar-refractivity contribution < 1.29 is 4.74 Å². The minimum atomic E-state index is 0.474. The molecule has 1 N–H and O–H groups in total. The van der Waals surface area contributed by atoms with E-state index in [-0.39, 0.29) is 0 Å². The van der Waals surface area contributed by atoms with Crippen LogP contribution in [0, 0.1) is 0 Å². The Hall–Kier alpha value is -1.16. The van der Waals surface area contributed by atoms with Crippen LogP contribution in [0.5, 0.6) is 5.75 Å². The van der Waals surface area contributed by atoms with E-state index in [1.54, 1.807) is 19.6 Å². The Morgan fingerprint density at radius 2 is 2.50 bits per heavy atom. The lowest BCUT2D eigenvalue weighted by Crippen LogP contribution is -2.29. The van der Waals surface area contributed by atoms with E-state index >= 15 is 0 Å². The summed E-state index contributed by atoms with van der Waals surface area (Å²) < 4.78 is 5.25. The van der Waals surface area contributed by atoms with Crippen LogP contribution in [0.15, 0.2) is 12.5 Å². The van der Waals surface area contributed by atoms with Gasteiger partial charge in [0.15, 0.2) is 5.75 Å². The standard InChI is InChI=1S/C10H15N3O/c1-14-9-6-12-7-13-10(9)8-3-2-4-11-5-8/h6-8,11H,2-5H2,1H3.